The zero-order valence-electron chi connectivity index (χ0n) is 15.1. The maximum atomic E-state index is 13.3. The molecule has 0 aromatic heterocycles. The topological polar surface area (TPSA) is 39.7 Å². The summed E-state index contributed by atoms with van der Waals surface area (Å²) in [4.78, 5) is 7.14. The lowest BCUT2D eigenvalue weighted by molar-refractivity contribution is 0.330. The molecule has 1 aliphatic heterocycles. The fraction of sp³-hybridized carbons (Fsp3) is 0.632. The number of aryl methyl sites for hydroxylation is 1. The van der Waals surface area contributed by atoms with Gasteiger partial charge in [0.1, 0.15) is 5.82 Å². The van der Waals surface area contributed by atoms with Crippen molar-refractivity contribution in [2.45, 2.75) is 46.1 Å². The number of halogens is 1. The summed E-state index contributed by atoms with van der Waals surface area (Å²) in [6.07, 6.45) is 5.09. The third-order valence-corrected chi connectivity index (χ3v) is 4.38. The Hall–Kier alpha value is -1.62. The van der Waals surface area contributed by atoms with E-state index < -0.39 is 0 Å². The number of hydrogen-bond donors (Lipinski definition) is 2. The van der Waals surface area contributed by atoms with Gasteiger partial charge >= 0.3 is 0 Å². The molecule has 1 saturated heterocycles. The zero-order valence-corrected chi connectivity index (χ0v) is 15.1. The SMILES string of the molecule is CCNC(=NCc1ccc(F)c(C)c1)NCCCCN1CCCC1. The average molecular weight is 334 g/mol. The summed E-state index contributed by atoms with van der Waals surface area (Å²) >= 11 is 0. The van der Waals surface area contributed by atoms with Gasteiger partial charge in [-0.25, -0.2) is 9.38 Å². The van der Waals surface area contributed by atoms with Crippen molar-refractivity contribution >= 4 is 5.96 Å². The fourth-order valence-corrected chi connectivity index (χ4v) is 2.99. The molecule has 2 N–H and O–H groups in total. The van der Waals surface area contributed by atoms with Crippen LogP contribution < -0.4 is 10.6 Å². The van der Waals surface area contributed by atoms with Crippen molar-refractivity contribution in [3.63, 3.8) is 0 Å². The number of benzene rings is 1. The first-order valence-electron chi connectivity index (χ1n) is 9.18. The molecule has 1 aliphatic rings. The molecule has 5 heteroatoms. The maximum absolute atomic E-state index is 13.3. The van der Waals surface area contributed by atoms with E-state index in [1.807, 2.05) is 6.07 Å². The number of aliphatic imine (C=N–C) groups is 1. The van der Waals surface area contributed by atoms with Crippen molar-refractivity contribution in [3.8, 4) is 0 Å². The Morgan fingerprint density at radius 2 is 2.00 bits per heavy atom. The highest BCUT2D eigenvalue weighted by atomic mass is 19.1. The molecule has 24 heavy (non-hydrogen) atoms. The van der Waals surface area contributed by atoms with Crippen LogP contribution in [0.1, 0.15) is 43.7 Å². The first-order valence-corrected chi connectivity index (χ1v) is 9.18. The second-order valence-corrected chi connectivity index (χ2v) is 6.46. The van der Waals surface area contributed by atoms with Gasteiger partial charge < -0.3 is 15.5 Å². The van der Waals surface area contributed by atoms with Crippen LogP contribution in [-0.2, 0) is 6.54 Å². The van der Waals surface area contributed by atoms with Gasteiger partial charge in [-0.1, -0.05) is 12.1 Å². The zero-order chi connectivity index (χ0) is 17.2. The highest BCUT2D eigenvalue weighted by Gasteiger charge is 2.10. The number of nitrogens with zero attached hydrogens (tertiary/aromatic N) is 2. The first kappa shape index (κ1) is 18.7. The molecule has 0 aliphatic carbocycles. The Morgan fingerprint density at radius 3 is 2.71 bits per heavy atom. The maximum Gasteiger partial charge on any atom is 0.191 e. The number of hydrogen-bond acceptors (Lipinski definition) is 2. The summed E-state index contributed by atoms with van der Waals surface area (Å²) in [6, 6.07) is 5.17. The van der Waals surface area contributed by atoms with Gasteiger partial charge in [0.15, 0.2) is 5.96 Å². The third kappa shape index (κ3) is 6.48. The lowest BCUT2D eigenvalue weighted by atomic mass is 10.1. The van der Waals surface area contributed by atoms with Crippen LogP contribution in [0.15, 0.2) is 23.2 Å². The Balaban J connectivity index is 1.72. The summed E-state index contributed by atoms with van der Waals surface area (Å²) in [5.74, 6) is 0.673. The lowest BCUT2D eigenvalue weighted by Crippen LogP contribution is -2.38. The molecule has 0 radical (unpaired) electrons. The van der Waals surface area contributed by atoms with E-state index in [1.54, 1.807) is 13.0 Å². The molecule has 1 aromatic rings. The van der Waals surface area contributed by atoms with Gasteiger partial charge in [-0.05, 0) is 76.4 Å². The smallest absolute Gasteiger partial charge is 0.191 e. The van der Waals surface area contributed by atoms with Crippen LogP contribution in [0.25, 0.3) is 0 Å². The third-order valence-electron chi connectivity index (χ3n) is 4.38. The number of unbranched alkanes of at least 4 members (excludes halogenated alkanes) is 1. The van der Waals surface area contributed by atoms with E-state index in [2.05, 4.69) is 27.4 Å². The summed E-state index contributed by atoms with van der Waals surface area (Å²) < 4.78 is 13.3. The van der Waals surface area contributed by atoms with Gasteiger partial charge in [0, 0.05) is 13.1 Å². The number of likely N-dealkylation sites (tertiary alicyclic amines) is 1. The average Bonchev–Trinajstić information content (AvgIpc) is 3.08. The van der Waals surface area contributed by atoms with Crippen molar-refractivity contribution in [1.29, 1.82) is 0 Å². The fourth-order valence-electron chi connectivity index (χ4n) is 2.99. The highest BCUT2D eigenvalue weighted by Crippen LogP contribution is 2.10. The van der Waals surface area contributed by atoms with E-state index in [4.69, 9.17) is 0 Å². The number of nitrogens with one attached hydrogen (secondary N) is 2. The van der Waals surface area contributed by atoms with Crippen molar-refractivity contribution < 1.29 is 4.39 Å². The predicted molar refractivity (Wildman–Crippen MR) is 98.9 cm³/mol. The van der Waals surface area contributed by atoms with E-state index in [9.17, 15) is 4.39 Å². The minimum Gasteiger partial charge on any atom is -0.357 e. The first-order chi connectivity index (χ1) is 11.7. The van der Waals surface area contributed by atoms with Crippen molar-refractivity contribution in [1.82, 2.24) is 15.5 Å². The summed E-state index contributed by atoms with van der Waals surface area (Å²) in [5, 5.41) is 6.65. The summed E-state index contributed by atoms with van der Waals surface area (Å²) in [5.41, 5.74) is 1.70. The summed E-state index contributed by atoms with van der Waals surface area (Å²) in [6.45, 7) is 9.93. The van der Waals surface area contributed by atoms with Crippen LogP contribution in [0.5, 0.6) is 0 Å². The van der Waals surface area contributed by atoms with E-state index in [0.717, 1.165) is 31.0 Å². The van der Waals surface area contributed by atoms with E-state index in [0.29, 0.717) is 12.1 Å². The molecular formula is C19H31FN4. The van der Waals surface area contributed by atoms with Crippen LogP contribution in [-0.4, -0.2) is 43.6 Å². The second kappa shape index (κ2) is 10.3. The molecule has 134 valence electrons. The van der Waals surface area contributed by atoms with Crippen LogP contribution in [0.3, 0.4) is 0 Å². The van der Waals surface area contributed by atoms with Crippen molar-refractivity contribution in [2.24, 2.45) is 4.99 Å². The van der Waals surface area contributed by atoms with E-state index >= 15 is 0 Å². The van der Waals surface area contributed by atoms with Crippen molar-refractivity contribution in [2.75, 3.05) is 32.7 Å². The monoisotopic (exact) mass is 334 g/mol. The molecule has 0 atom stereocenters. The van der Waals surface area contributed by atoms with Gasteiger partial charge in [-0.2, -0.15) is 0 Å². The van der Waals surface area contributed by atoms with E-state index in [1.165, 1.54) is 45.0 Å². The number of guanidine groups is 1. The minimum atomic E-state index is -0.161. The van der Waals surface area contributed by atoms with Gasteiger partial charge in [-0.3, -0.25) is 0 Å². The van der Waals surface area contributed by atoms with Crippen molar-refractivity contribution in [3.05, 3.63) is 35.1 Å². The van der Waals surface area contributed by atoms with E-state index in [-0.39, 0.29) is 5.82 Å². The molecule has 0 saturated carbocycles. The molecule has 0 amide bonds. The Kier molecular flexibility index (Phi) is 8.02. The number of rotatable bonds is 8. The van der Waals surface area contributed by atoms with Gasteiger partial charge in [0.05, 0.1) is 6.54 Å². The normalized spacial score (nSPS) is 15.7. The Bertz CT molecular complexity index is 524. The molecule has 2 rings (SSSR count). The largest absolute Gasteiger partial charge is 0.357 e. The molecular weight excluding hydrogens is 303 g/mol. The minimum absolute atomic E-state index is 0.161. The van der Waals surface area contributed by atoms with Gasteiger partial charge in [0.25, 0.3) is 0 Å². The second-order valence-electron chi connectivity index (χ2n) is 6.46. The molecule has 1 fully saturated rings. The quantitative estimate of drug-likeness (QED) is 0.436. The Morgan fingerprint density at radius 1 is 1.21 bits per heavy atom. The highest BCUT2D eigenvalue weighted by molar-refractivity contribution is 5.79. The molecule has 0 spiro atoms. The Labute approximate surface area is 145 Å². The van der Waals surface area contributed by atoms with Gasteiger partial charge in [0.2, 0.25) is 0 Å². The molecule has 0 bridgehead atoms. The molecule has 0 unspecified atom stereocenters. The van der Waals surface area contributed by atoms with Crippen LogP contribution in [0.4, 0.5) is 4.39 Å². The molecule has 4 nitrogen and oxygen atoms in total. The molecule has 1 heterocycles. The van der Waals surface area contributed by atoms with Crippen LogP contribution in [0.2, 0.25) is 0 Å². The predicted octanol–water partition coefficient (Wildman–Crippen LogP) is 3.07. The van der Waals surface area contributed by atoms with Gasteiger partial charge in [-0.15, -0.1) is 0 Å². The standard InChI is InChI=1S/C19H31FN4/c1-3-21-19(22-10-4-5-11-24-12-6-7-13-24)23-15-17-8-9-18(20)16(2)14-17/h8-9,14H,3-7,10-13,15H2,1-2H3,(H2,21,22,23). The van der Waals surface area contributed by atoms with Crippen LogP contribution >= 0.6 is 0 Å². The lowest BCUT2D eigenvalue weighted by Gasteiger charge is -2.15. The summed E-state index contributed by atoms with van der Waals surface area (Å²) in [7, 11) is 0. The molecule has 1 aromatic carbocycles. The van der Waals surface area contributed by atoms with Crippen LogP contribution in [0, 0.1) is 12.7 Å².